The van der Waals surface area contributed by atoms with Crippen molar-refractivity contribution >= 4 is 46.5 Å². The summed E-state index contributed by atoms with van der Waals surface area (Å²) < 4.78 is 11.3. The monoisotopic (exact) mass is 693 g/mol. The number of ether oxygens (including phenoxy) is 2. The highest BCUT2D eigenvalue weighted by Gasteiger charge is 2.23. The zero-order chi connectivity index (χ0) is 30.6. The molecule has 42 heavy (non-hydrogen) atoms. The number of benzene rings is 2. The van der Waals surface area contributed by atoms with Gasteiger partial charge in [-0.05, 0) is 90.8 Å². The van der Waals surface area contributed by atoms with Crippen molar-refractivity contribution in [1.29, 1.82) is 0 Å². The summed E-state index contributed by atoms with van der Waals surface area (Å²) in [6.07, 6.45) is 5.51. The largest absolute Gasteiger partial charge is 0.467 e. The molecule has 9 nitrogen and oxygen atoms in total. The second-order valence-corrected chi connectivity index (χ2v) is 11.5. The van der Waals surface area contributed by atoms with E-state index in [-0.39, 0.29) is 24.3 Å². The number of aryl methyl sites for hydroxylation is 1. The fourth-order valence-corrected chi connectivity index (χ4v) is 4.63. The van der Waals surface area contributed by atoms with Crippen LogP contribution in [0.25, 0.3) is 0 Å². The molecule has 0 heterocycles. The van der Waals surface area contributed by atoms with Crippen molar-refractivity contribution < 1.29 is 28.7 Å². The smallest absolute Gasteiger partial charge is 0.407 e. The van der Waals surface area contributed by atoms with Crippen molar-refractivity contribution in [3.05, 3.63) is 69.3 Å². The Morgan fingerprint density at radius 1 is 0.810 bits per heavy atom. The van der Waals surface area contributed by atoms with Crippen LogP contribution < -0.4 is 16.0 Å². The number of methoxy groups -OCH3 is 1. The van der Waals surface area contributed by atoms with Gasteiger partial charge in [0.2, 0.25) is 11.8 Å². The Bertz CT molecular complexity index is 1100. The van der Waals surface area contributed by atoms with Gasteiger partial charge in [0.15, 0.2) is 0 Å². The molecular weight excluding hydrogens is 649 g/mol. The van der Waals surface area contributed by atoms with Crippen LogP contribution in [0.15, 0.2) is 54.6 Å². The van der Waals surface area contributed by atoms with E-state index in [0.717, 1.165) is 24.8 Å². The van der Waals surface area contributed by atoms with Gasteiger partial charge in [-0.15, -0.1) is 0 Å². The summed E-state index contributed by atoms with van der Waals surface area (Å²) in [5.74, 6) is -0.956. The number of carbonyl (C=O) groups is 4. The normalized spacial score (nSPS) is 12.1. The summed E-state index contributed by atoms with van der Waals surface area (Å²) in [5.41, 5.74) is 2.15. The summed E-state index contributed by atoms with van der Waals surface area (Å²) in [5, 5.41) is 8.47. The van der Waals surface area contributed by atoms with Crippen molar-refractivity contribution in [2.45, 2.75) is 77.4 Å². The second kappa shape index (κ2) is 20.7. The van der Waals surface area contributed by atoms with Gasteiger partial charge in [-0.2, -0.15) is 0 Å². The average Bonchev–Trinajstić information content (AvgIpc) is 3.00. The maximum atomic E-state index is 12.7. The van der Waals surface area contributed by atoms with E-state index in [1.54, 1.807) is 0 Å². The molecule has 0 aliphatic carbocycles. The third-order valence-corrected chi connectivity index (χ3v) is 7.54. The number of unbranched alkanes of at least 4 members (excludes halogenated alkanes) is 2. The van der Waals surface area contributed by atoms with Gasteiger partial charge < -0.3 is 25.4 Å². The van der Waals surface area contributed by atoms with E-state index in [1.165, 1.54) is 16.2 Å². The number of nitrogens with one attached hydrogen (secondary N) is 3. The molecule has 0 aliphatic heterocycles. The Balaban J connectivity index is 1.56. The molecule has 2 aromatic rings. The minimum atomic E-state index is -0.726. The molecule has 0 aliphatic rings. The number of amides is 3. The molecule has 2 aromatic carbocycles. The highest BCUT2D eigenvalue weighted by molar-refractivity contribution is 14.1. The van der Waals surface area contributed by atoms with Crippen molar-refractivity contribution in [3.63, 3.8) is 0 Å². The van der Waals surface area contributed by atoms with Crippen LogP contribution in [0.2, 0.25) is 0 Å². The van der Waals surface area contributed by atoms with E-state index >= 15 is 0 Å². The highest BCUT2D eigenvalue weighted by Crippen LogP contribution is 2.11. The summed E-state index contributed by atoms with van der Waals surface area (Å²) in [7, 11) is 1.30. The van der Waals surface area contributed by atoms with Gasteiger partial charge in [0.25, 0.3) is 0 Å². The summed E-state index contributed by atoms with van der Waals surface area (Å²) in [6.45, 7) is 3.01. The predicted molar refractivity (Wildman–Crippen MR) is 171 cm³/mol. The molecule has 2 rings (SSSR count). The zero-order valence-corrected chi connectivity index (χ0v) is 26.8. The molecule has 2 atom stereocenters. The molecule has 10 heteroatoms. The quantitative estimate of drug-likeness (QED) is 0.105. The molecule has 0 bridgehead atoms. The van der Waals surface area contributed by atoms with Crippen LogP contribution in [0.4, 0.5) is 4.79 Å². The Morgan fingerprint density at radius 3 is 2.17 bits per heavy atom. The van der Waals surface area contributed by atoms with E-state index < -0.39 is 18.1 Å². The molecule has 2 unspecified atom stereocenters. The predicted octanol–water partition coefficient (Wildman–Crippen LogP) is 5.29. The number of halogens is 1. The molecule has 0 saturated heterocycles. The van der Waals surface area contributed by atoms with Crippen LogP contribution in [-0.4, -0.2) is 50.1 Å². The summed E-state index contributed by atoms with van der Waals surface area (Å²) in [4.78, 5) is 48.9. The second-order valence-electron chi connectivity index (χ2n) is 10.3. The SMILES string of the molecule is COC(=O)C(CCCCNC(=O)CCCc1ccc(I)cc1)NC(=O)C(C)CCCCNC(=O)OCc1ccccc1. The van der Waals surface area contributed by atoms with Gasteiger partial charge in [0.1, 0.15) is 12.6 Å². The Hall–Kier alpha value is -3.15. The molecule has 230 valence electrons. The molecule has 0 radical (unpaired) electrons. The third-order valence-electron chi connectivity index (χ3n) is 6.82. The number of esters is 1. The maximum Gasteiger partial charge on any atom is 0.407 e. The van der Waals surface area contributed by atoms with Gasteiger partial charge in [-0.3, -0.25) is 9.59 Å². The Kier molecular flexibility index (Phi) is 17.3. The van der Waals surface area contributed by atoms with E-state index in [0.29, 0.717) is 51.6 Å². The zero-order valence-electron chi connectivity index (χ0n) is 24.7. The van der Waals surface area contributed by atoms with Gasteiger partial charge in [-0.25, -0.2) is 9.59 Å². The lowest BCUT2D eigenvalue weighted by Gasteiger charge is -2.19. The number of rotatable bonds is 19. The van der Waals surface area contributed by atoms with Crippen molar-refractivity contribution in [3.8, 4) is 0 Å². The van der Waals surface area contributed by atoms with Gasteiger partial charge >= 0.3 is 12.1 Å². The Labute approximate surface area is 263 Å². The first-order valence-corrected chi connectivity index (χ1v) is 15.7. The fourth-order valence-electron chi connectivity index (χ4n) is 4.27. The van der Waals surface area contributed by atoms with Crippen LogP contribution in [0.3, 0.4) is 0 Å². The van der Waals surface area contributed by atoms with Gasteiger partial charge in [0.05, 0.1) is 7.11 Å². The highest BCUT2D eigenvalue weighted by atomic mass is 127. The first-order chi connectivity index (χ1) is 20.3. The molecule has 3 N–H and O–H groups in total. The lowest BCUT2D eigenvalue weighted by atomic mass is 10.0. The van der Waals surface area contributed by atoms with Crippen molar-refractivity contribution in [2.75, 3.05) is 20.2 Å². The van der Waals surface area contributed by atoms with Crippen molar-refractivity contribution in [1.82, 2.24) is 16.0 Å². The summed E-state index contributed by atoms with van der Waals surface area (Å²) >= 11 is 2.27. The first-order valence-electron chi connectivity index (χ1n) is 14.6. The van der Waals surface area contributed by atoms with E-state index in [9.17, 15) is 19.2 Å². The number of alkyl carbamates (subject to hydrolysis) is 1. The minimum absolute atomic E-state index is 0.0198. The standard InChI is InChI=1S/C32H44IN3O6/c1-24(11-6-8-22-35-32(40)42-23-26-12-4-3-5-13-26)30(38)36-28(31(39)41-2)15-7-9-21-34-29(37)16-10-14-25-17-19-27(33)20-18-25/h3-5,12-13,17-20,24,28H,6-11,14-16,21-23H2,1-2H3,(H,34,37)(H,35,40)(H,36,38). The maximum absolute atomic E-state index is 12.7. The van der Waals surface area contributed by atoms with Crippen LogP contribution >= 0.6 is 22.6 Å². The fraction of sp³-hybridized carbons (Fsp3) is 0.500. The first kappa shape index (κ1) is 35.0. The minimum Gasteiger partial charge on any atom is -0.467 e. The topological polar surface area (TPSA) is 123 Å². The van der Waals surface area contributed by atoms with Crippen LogP contribution in [0.1, 0.15) is 69.4 Å². The summed E-state index contributed by atoms with van der Waals surface area (Å²) in [6, 6.07) is 17.0. The number of hydrogen-bond donors (Lipinski definition) is 3. The van der Waals surface area contributed by atoms with E-state index in [1.807, 2.05) is 37.3 Å². The lowest BCUT2D eigenvalue weighted by Crippen LogP contribution is -2.43. The molecule has 3 amide bonds. The van der Waals surface area contributed by atoms with Crippen LogP contribution in [0, 0.1) is 9.49 Å². The molecule has 0 aromatic heterocycles. The third kappa shape index (κ3) is 15.2. The average molecular weight is 694 g/mol. The molecule has 0 spiro atoms. The van der Waals surface area contributed by atoms with E-state index in [2.05, 4.69) is 62.8 Å². The number of carbonyl (C=O) groups excluding carboxylic acids is 4. The lowest BCUT2D eigenvalue weighted by molar-refractivity contribution is -0.145. The molecular formula is C32H44IN3O6. The molecule has 0 fully saturated rings. The van der Waals surface area contributed by atoms with Gasteiger partial charge in [-0.1, -0.05) is 55.8 Å². The van der Waals surface area contributed by atoms with Crippen LogP contribution in [0.5, 0.6) is 0 Å². The number of hydrogen-bond acceptors (Lipinski definition) is 6. The Morgan fingerprint density at radius 2 is 1.48 bits per heavy atom. The van der Waals surface area contributed by atoms with Crippen molar-refractivity contribution in [2.24, 2.45) is 5.92 Å². The van der Waals surface area contributed by atoms with Gasteiger partial charge in [0, 0.05) is 29.0 Å². The van der Waals surface area contributed by atoms with E-state index in [4.69, 9.17) is 9.47 Å². The molecule has 0 saturated carbocycles. The van der Waals surface area contributed by atoms with Crippen LogP contribution in [-0.2, 0) is 36.9 Å².